The average Bonchev–Trinajstić information content (AvgIpc) is 2.91. The van der Waals surface area contributed by atoms with Gasteiger partial charge in [0.05, 0.1) is 12.8 Å². The van der Waals surface area contributed by atoms with Crippen molar-refractivity contribution < 1.29 is 4.74 Å². The van der Waals surface area contributed by atoms with Gasteiger partial charge in [0.1, 0.15) is 5.65 Å². The minimum atomic E-state index is 0.590. The van der Waals surface area contributed by atoms with E-state index in [9.17, 15) is 0 Å². The second-order valence-corrected chi connectivity index (χ2v) is 5.17. The van der Waals surface area contributed by atoms with Crippen molar-refractivity contribution in [3.8, 4) is 5.88 Å². The van der Waals surface area contributed by atoms with Gasteiger partial charge in [0.2, 0.25) is 0 Å². The highest BCUT2D eigenvalue weighted by molar-refractivity contribution is 5.44. The van der Waals surface area contributed by atoms with Crippen LogP contribution in [0.3, 0.4) is 0 Å². The van der Waals surface area contributed by atoms with Crippen molar-refractivity contribution in [3.05, 3.63) is 30.1 Å². The molecule has 1 aliphatic heterocycles. The van der Waals surface area contributed by atoms with E-state index >= 15 is 0 Å². The Kier molecular flexibility index (Phi) is 3.42. The number of pyridine rings is 1. The molecule has 0 aromatic carbocycles. The Balaban J connectivity index is 1.86. The van der Waals surface area contributed by atoms with Crippen molar-refractivity contribution in [3.63, 3.8) is 0 Å². The fourth-order valence-electron chi connectivity index (χ4n) is 2.91. The Morgan fingerprint density at radius 2 is 2.11 bits per heavy atom. The third-order valence-corrected chi connectivity index (χ3v) is 4.14. The summed E-state index contributed by atoms with van der Waals surface area (Å²) in [6.45, 7) is 5.76. The molecule has 4 nitrogen and oxygen atoms in total. The molecule has 0 amide bonds. The van der Waals surface area contributed by atoms with Gasteiger partial charge >= 0.3 is 0 Å². The average molecular weight is 259 g/mol. The van der Waals surface area contributed by atoms with Crippen LogP contribution in [0, 0.1) is 0 Å². The Labute approximate surface area is 114 Å². The topological polar surface area (TPSA) is 29.8 Å². The molecule has 0 aliphatic carbocycles. The molecule has 0 N–H and O–H groups in total. The van der Waals surface area contributed by atoms with E-state index in [1.54, 1.807) is 7.11 Å². The van der Waals surface area contributed by atoms with Crippen molar-refractivity contribution in [2.24, 2.45) is 0 Å². The smallest absolute Gasteiger partial charge is 0.198 e. The van der Waals surface area contributed by atoms with Gasteiger partial charge in [-0.25, -0.2) is 4.98 Å². The first-order valence-electron chi connectivity index (χ1n) is 7.06. The largest absolute Gasteiger partial charge is 0.482 e. The number of rotatable bonds is 3. The maximum absolute atomic E-state index is 5.38. The first kappa shape index (κ1) is 12.5. The zero-order valence-corrected chi connectivity index (χ0v) is 11.7. The third kappa shape index (κ3) is 2.32. The Bertz CT molecular complexity index is 556. The van der Waals surface area contributed by atoms with E-state index < -0.39 is 0 Å². The van der Waals surface area contributed by atoms with Gasteiger partial charge < -0.3 is 9.64 Å². The number of hydrogen-bond donors (Lipinski definition) is 0. The first-order chi connectivity index (χ1) is 9.31. The molecule has 2 aromatic rings. The molecule has 0 saturated carbocycles. The van der Waals surface area contributed by atoms with E-state index in [2.05, 4.69) is 18.0 Å². The van der Waals surface area contributed by atoms with Crippen LogP contribution in [0.2, 0.25) is 0 Å². The van der Waals surface area contributed by atoms with Gasteiger partial charge in [-0.1, -0.05) is 13.0 Å². The molecule has 3 heterocycles. The fourth-order valence-corrected chi connectivity index (χ4v) is 2.91. The molecule has 0 bridgehead atoms. The minimum absolute atomic E-state index is 0.590. The lowest BCUT2D eigenvalue weighted by molar-refractivity contribution is 0.221. The van der Waals surface area contributed by atoms with E-state index in [1.807, 2.05) is 22.6 Å². The summed E-state index contributed by atoms with van der Waals surface area (Å²) >= 11 is 0. The molecular formula is C15H21N3O. The molecule has 1 aliphatic rings. The lowest BCUT2D eigenvalue weighted by atomic mass is 9.94. The third-order valence-electron chi connectivity index (χ3n) is 4.14. The maximum Gasteiger partial charge on any atom is 0.198 e. The van der Waals surface area contributed by atoms with Crippen molar-refractivity contribution in [2.75, 3.05) is 26.7 Å². The van der Waals surface area contributed by atoms with Crippen LogP contribution in [0.15, 0.2) is 24.4 Å². The van der Waals surface area contributed by atoms with Crippen LogP contribution in [-0.4, -0.2) is 41.0 Å². The normalized spacial score (nSPS) is 18.0. The number of nitrogens with zero attached hydrogens (tertiary/aromatic N) is 3. The van der Waals surface area contributed by atoms with Crippen LogP contribution in [0.4, 0.5) is 0 Å². The highest BCUT2D eigenvalue weighted by Crippen LogP contribution is 2.28. The summed E-state index contributed by atoms with van der Waals surface area (Å²) in [5, 5.41) is 0. The predicted octanol–water partition coefficient (Wildman–Crippen LogP) is 2.54. The van der Waals surface area contributed by atoms with Crippen LogP contribution in [0.1, 0.15) is 31.4 Å². The van der Waals surface area contributed by atoms with Gasteiger partial charge in [0, 0.05) is 12.1 Å². The zero-order valence-electron chi connectivity index (χ0n) is 11.7. The molecule has 19 heavy (non-hydrogen) atoms. The van der Waals surface area contributed by atoms with Gasteiger partial charge in [-0.15, -0.1) is 0 Å². The zero-order chi connectivity index (χ0) is 13.2. The molecule has 2 aromatic heterocycles. The van der Waals surface area contributed by atoms with E-state index in [0.717, 1.165) is 18.1 Å². The number of ether oxygens (including phenoxy) is 1. The molecule has 1 saturated heterocycles. The SMILES string of the molecule is CCN1CCC(c2cn3c(OC)cccc3n2)CC1. The maximum atomic E-state index is 5.38. The van der Waals surface area contributed by atoms with Crippen molar-refractivity contribution in [1.29, 1.82) is 0 Å². The standard InChI is InChI=1S/C15H21N3O/c1-3-17-9-7-12(8-10-17)13-11-18-14(16-13)5-4-6-15(18)19-2/h4-6,11-12H,3,7-10H2,1-2H3. The van der Waals surface area contributed by atoms with Gasteiger partial charge in [0.25, 0.3) is 0 Å². The summed E-state index contributed by atoms with van der Waals surface area (Å²) in [4.78, 5) is 7.27. The number of likely N-dealkylation sites (tertiary alicyclic amines) is 1. The number of methoxy groups -OCH3 is 1. The highest BCUT2D eigenvalue weighted by atomic mass is 16.5. The number of fused-ring (bicyclic) bond motifs is 1. The van der Waals surface area contributed by atoms with Crippen molar-refractivity contribution in [1.82, 2.24) is 14.3 Å². The van der Waals surface area contributed by atoms with Crippen LogP contribution in [-0.2, 0) is 0 Å². The van der Waals surface area contributed by atoms with Crippen LogP contribution >= 0.6 is 0 Å². The van der Waals surface area contributed by atoms with E-state index in [1.165, 1.54) is 31.6 Å². The quantitative estimate of drug-likeness (QED) is 0.848. The highest BCUT2D eigenvalue weighted by Gasteiger charge is 2.22. The molecule has 1 fully saturated rings. The summed E-state index contributed by atoms with van der Waals surface area (Å²) in [5.74, 6) is 1.44. The molecule has 3 rings (SSSR count). The minimum Gasteiger partial charge on any atom is -0.482 e. The summed E-state index contributed by atoms with van der Waals surface area (Å²) in [6, 6.07) is 6.00. The van der Waals surface area contributed by atoms with Gasteiger partial charge in [-0.05, 0) is 44.6 Å². The second kappa shape index (κ2) is 5.21. The number of hydrogen-bond acceptors (Lipinski definition) is 3. The number of imidazole rings is 1. The monoisotopic (exact) mass is 259 g/mol. The lowest BCUT2D eigenvalue weighted by Crippen LogP contribution is -2.32. The van der Waals surface area contributed by atoms with E-state index in [-0.39, 0.29) is 0 Å². The lowest BCUT2D eigenvalue weighted by Gasteiger charge is -2.30. The Hall–Kier alpha value is -1.55. The Morgan fingerprint density at radius 1 is 1.32 bits per heavy atom. The molecule has 0 radical (unpaired) electrons. The number of piperidine rings is 1. The summed E-state index contributed by atoms with van der Waals surface area (Å²) < 4.78 is 7.42. The van der Waals surface area contributed by atoms with Crippen molar-refractivity contribution in [2.45, 2.75) is 25.7 Å². The molecular weight excluding hydrogens is 238 g/mol. The van der Waals surface area contributed by atoms with Gasteiger partial charge in [-0.2, -0.15) is 0 Å². The van der Waals surface area contributed by atoms with Crippen LogP contribution in [0.5, 0.6) is 5.88 Å². The van der Waals surface area contributed by atoms with Crippen LogP contribution in [0.25, 0.3) is 5.65 Å². The predicted molar refractivity (Wildman–Crippen MR) is 75.8 cm³/mol. The molecule has 0 unspecified atom stereocenters. The summed E-state index contributed by atoms with van der Waals surface area (Å²) in [7, 11) is 1.70. The first-order valence-corrected chi connectivity index (χ1v) is 7.06. The van der Waals surface area contributed by atoms with E-state index in [0.29, 0.717) is 5.92 Å². The second-order valence-electron chi connectivity index (χ2n) is 5.17. The van der Waals surface area contributed by atoms with E-state index in [4.69, 9.17) is 9.72 Å². The van der Waals surface area contributed by atoms with Crippen LogP contribution < -0.4 is 4.74 Å². The molecule has 102 valence electrons. The summed E-state index contributed by atoms with van der Waals surface area (Å²) in [5.41, 5.74) is 2.19. The number of aromatic nitrogens is 2. The molecule has 0 spiro atoms. The van der Waals surface area contributed by atoms with Gasteiger partial charge in [-0.3, -0.25) is 4.40 Å². The molecule has 4 heteroatoms. The Morgan fingerprint density at radius 3 is 2.79 bits per heavy atom. The van der Waals surface area contributed by atoms with Crippen molar-refractivity contribution >= 4 is 5.65 Å². The fraction of sp³-hybridized carbons (Fsp3) is 0.533. The summed E-state index contributed by atoms with van der Waals surface area (Å²) in [6.07, 6.45) is 4.56. The van der Waals surface area contributed by atoms with Gasteiger partial charge in [0.15, 0.2) is 5.88 Å². The molecule has 0 atom stereocenters.